The molecule has 0 N–H and O–H groups in total. The van der Waals surface area contributed by atoms with Crippen molar-refractivity contribution >= 4 is 28.6 Å². The number of carbonyl (C=O) groups is 1. The molecule has 0 radical (unpaired) electrons. The summed E-state index contributed by atoms with van der Waals surface area (Å²) in [7, 11) is 0. The summed E-state index contributed by atoms with van der Waals surface area (Å²) in [5, 5.41) is 0. The summed E-state index contributed by atoms with van der Waals surface area (Å²) in [4.78, 5) is 11.6. The highest BCUT2D eigenvalue weighted by Crippen LogP contribution is 2.22. The molecule has 0 saturated carbocycles. The lowest BCUT2D eigenvalue weighted by Crippen LogP contribution is -2.23. The molecule has 1 unspecified atom stereocenters. The number of hydrogen-bond acceptors (Lipinski definition) is 3. The first kappa shape index (κ1) is 15.3. The van der Waals surface area contributed by atoms with Crippen molar-refractivity contribution in [2.75, 3.05) is 0 Å². The summed E-state index contributed by atoms with van der Waals surface area (Å²) in [5.41, 5.74) is -0.228. The highest BCUT2D eigenvalue weighted by Gasteiger charge is 2.15. The number of rotatable bonds is 4. The van der Waals surface area contributed by atoms with Gasteiger partial charge in [0.05, 0.1) is 0 Å². The van der Waals surface area contributed by atoms with Gasteiger partial charge in [0.2, 0.25) is 0 Å². The highest BCUT2D eigenvalue weighted by molar-refractivity contribution is 14.1. The maximum absolute atomic E-state index is 11.6. The summed E-state index contributed by atoms with van der Waals surface area (Å²) in [6.45, 7) is 7.92. The van der Waals surface area contributed by atoms with Crippen molar-refractivity contribution in [2.24, 2.45) is 0 Å². The number of benzene rings is 1. The fourth-order valence-electron chi connectivity index (χ4n) is 1.28. The van der Waals surface area contributed by atoms with Crippen LogP contribution in [0.1, 0.15) is 34.1 Å². The van der Waals surface area contributed by atoms with Gasteiger partial charge < -0.3 is 9.47 Å². The van der Waals surface area contributed by atoms with E-state index < -0.39 is 0 Å². The van der Waals surface area contributed by atoms with Gasteiger partial charge in [0.25, 0.3) is 0 Å². The van der Waals surface area contributed by atoms with Crippen molar-refractivity contribution < 1.29 is 14.3 Å². The number of carbonyl (C=O) groups excluding carboxylic acids is 1. The first-order valence-corrected chi connectivity index (χ1v) is 7.21. The normalized spacial score (nSPS) is 12.9. The van der Waals surface area contributed by atoms with E-state index in [9.17, 15) is 4.79 Å². The molecule has 18 heavy (non-hydrogen) atoms. The molecule has 0 heterocycles. The minimum atomic E-state index is -0.228. The van der Waals surface area contributed by atoms with Crippen molar-refractivity contribution in [1.29, 1.82) is 0 Å². The predicted octanol–water partition coefficient (Wildman–Crippen LogP) is 3.98. The van der Waals surface area contributed by atoms with Crippen LogP contribution < -0.4 is 9.47 Å². The van der Waals surface area contributed by atoms with Gasteiger partial charge in [-0.1, -0.05) is 29.5 Å². The van der Waals surface area contributed by atoms with E-state index in [0.717, 1.165) is 12.2 Å². The van der Waals surface area contributed by atoms with Crippen LogP contribution in [-0.4, -0.2) is 15.5 Å². The molecule has 0 amide bonds. The maximum atomic E-state index is 11.6. The van der Waals surface area contributed by atoms with Crippen LogP contribution in [0.3, 0.4) is 0 Å². The van der Waals surface area contributed by atoms with Gasteiger partial charge in [-0.25, -0.2) is 0 Å². The zero-order valence-electron chi connectivity index (χ0n) is 11.2. The third-order valence-corrected chi connectivity index (χ3v) is 3.47. The van der Waals surface area contributed by atoms with Crippen LogP contribution in [0.5, 0.6) is 11.5 Å². The molecule has 0 aliphatic rings. The number of ether oxygens (including phenoxy) is 2. The average Bonchev–Trinajstić information content (AvgIpc) is 2.28. The lowest BCUT2D eigenvalue weighted by Gasteiger charge is -2.21. The first-order chi connectivity index (χ1) is 8.31. The largest absolute Gasteiger partial charge is 0.488 e. The van der Waals surface area contributed by atoms with Crippen LogP contribution in [0, 0.1) is 0 Å². The highest BCUT2D eigenvalue weighted by atomic mass is 127. The standard InChI is InChI=1S/C14H19IO3/c1-5-12(15)13(16)17-10-6-8-11(9-7-10)18-14(2,3)4/h6-9,12H,5H2,1-4H3. The molecule has 4 heteroatoms. The van der Waals surface area contributed by atoms with Crippen molar-refractivity contribution in [3.8, 4) is 11.5 Å². The van der Waals surface area contributed by atoms with Crippen molar-refractivity contribution in [2.45, 2.75) is 43.6 Å². The molecule has 0 bridgehead atoms. The molecule has 0 saturated heterocycles. The van der Waals surface area contributed by atoms with Gasteiger partial charge in [-0.2, -0.15) is 0 Å². The first-order valence-electron chi connectivity index (χ1n) is 5.96. The Bertz CT molecular complexity index is 392. The fraction of sp³-hybridized carbons (Fsp3) is 0.500. The van der Waals surface area contributed by atoms with Crippen molar-refractivity contribution in [3.05, 3.63) is 24.3 Å². The second-order valence-electron chi connectivity index (χ2n) is 4.98. The van der Waals surface area contributed by atoms with Crippen LogP contribution in [0.2, 0.25) is 0 Å². The van der Waals surface area contributed by atoms with E-state index in [1.807, 2.05) is 39.8 Å². The molecule has 1 atom stereocenters. The molecular formula is C14H19IO3. The molecule has 0 aliphatic carbocycles. The Morgan fingerprint density at radius 1 is 1.22 bits per heavy atom. The molecule has 0 fully saturated rings. The topological polar surface area (TPSA) is 35.5 Å². The molecule has 1 aromatic rings. The van der Waals surface area contributed by atoms with Crippen LogP contribution in [0.15, 0.2) is 24.3 Å². The van der Waals surface area contributed by atoms with Gasteiger partial charge in [-0.3, -0.25) is 4.79 Å². The van der Waals surface area contributed by atoms with Crippen LogP contribution in [-0.2, 0) is 4.79 Å². The molecule has 1 rings (SSSR count). The van der Waals surface area contributed by atoms with Gasteiger partial charge in [0.1, 0.15) is 21.0 Å². The SMILES string of the molecule is CCC(I)C(=O)Oc1ccc(OC(C)(C)C)cc1. The molecule has 0 aromatic heterocycles. The molecule has 3 nitrogen and oxygen atoms in total. The van der Waals surface area contributed by atoms with Crippen molar-refractivity contribution in [3.63, 3.8) is 0 Å². The summed E-state index contributed by atoms with van der Waals surface area (Å²) in [5.74, 6) is 1.11. The monoisotopic (exact) mass is 362 g/mol. The number of hydrogen-bond donors (Lipinski definition) is 0. The van der Waals surface area contributed by atoms with E-state index in [2.05, 4.69) is 22.6 Å². The van der Waals surface area contributed by atoms with Gasteiger partial charge >= 0.3 is 5.97 Å². The fourth-order valence-corrected chi connectivity index (χ4v) is 1.40. The Kier molecular flexibility index (Phi) is 5.44. The number of esters is 1. The number of alkyl halides is 1. The van der Waals surface area contributed by atoms with Gasteiger partial charge in [-0.05, 0) is 51.5 Å². The second kappa shape index (κ2) is 6.41. The Balaban J connectivity index is 2.63. The van der Waals surface area contributed by atoms with Crippen LogP contribution in [0.4, 0.5) is 0 Å². The third-order valence-electron chi connectivity index (χ3n) is 2.08. The van der Waals surface area contributed by atoms with Crippen LogP contribution in [0.25, 0.3) is 0 Å². The minimum Gasteiger partial charge on any atom is -0.488 e. The number of halogens is 1. The lowest BCUT2D eigenvalue weighted by atomic mass is 10.2. The van der Waals surface area contributed by atoms with E-state index in [1.165, 1.54) is 0 Å². The van der Waals surface area contributed by atoms with Crippen molar-refractivity contribution in [1.82, 2.24) is 0 Å². The minimum absolute atomic E-state index is 0.104. The Hall–Kier alpha value is -0.780. The van der Waals surface area contributed by atoms with Gasteiger partial charge in [0, 0.05) is 0 Å². The van der Waals surface area contributed by atoms with E-state index in [0.29, 0.717) is 5.75 Å². The lowest BCUT2D eigenvalue weighted by molar-refractivity contribution is -0.133. The quantitative estimate of drug-likeness (QED) is 0.352. The van der Waals surface area contributed by atoms with Gasteiger partial charge in [-0.15, -0.1) is 0 Å². The van der Waals surface area contributed by atoms with Crippen LogP contribution >= 0.6 is 22.6 Å². The predicted molar refractivity (Wildman–Crippen MR) is 80.6 cm³/mol. The van der Waals surface area contributed by atoms with E-state index >= 15 is 0 Å². The summed E-state index contributed by atoms with van der Waals surface area (Å²) in [6, 6.07) is 7.11. The van der Waals surface area contributed by atoms with E-state index in [-0.39, 0.29) is 15.5 Å². The maximum Gasteiger partial charge on any atom is 0.324 e. The second-order valence-corrected chi connectivity index (χ2v) is 6.49. The molecule has 0 spiro atoms. The smallest absolute Gasteiger partial charge is 0.324 e. The zero-order chi connectivity index (χ0) is 13.8. The molecular weight excluding hydrogens is 343 g/mol. The van der Waals surface area contributed by atoms with E-state index in [4.69, 9.17) is 9.47 Å². The van der Waals surface area contributed by atoms with Gasteiger partial charge in [0.15, 0.2) is 0 Å². The summed E-state index contributed by atoms with van der Waals surface area (Å²) < 4.78 is 10.8. The molecule has 100 valence electrons. The average molecular weight is 362 g/mol. The molecule has 0 aliphatic heterocycles. The Labute approximate surface area is 122 Å². The Morgan fingerprint density at radius 3 is 2.17 bits per heavy atom. The third kappa shape index (κ3) is 5.25. The summed E-state index contributed by atoms with van der Waals surface area (Å²) in [6.07, 6.45) is 0.768. The zero-order valence-corrected chi connectivity index (χ0v) is 13.4. The molecule has 1 aromatic carbocycles. The summed E-state index contributed by atoms with van der Waals surface area (Å²) >= 11 is 2.08. The van der Waals surface area contributed by atoms with E-state index in [1.54, 1.807) is 12.1 Å². The Morgan fingerprint density at radius 2 is 1.72 bits per heavy atom.